The highest BCUT2D eigenvalue weighted by Gasteiger charge is 2.52. The molecule has 1 aliphatic carbocycles. The molecule has 35 heavy (non-hydrogen) atoms. The molecule has 10 heteroatoms. The number of hydrogen-bond donors (Lipinski definition) is 7. The van der Waals surface area contributed by atoms with Crippen molar-refractivity contribution in [2.24, 2.45) is 11.8 Å². The van der Waals surface area contributed by atoms with Gasteiger partial charge in [-0.15, -0.1) is 0 Å². The van der Waals surface area contributed by atoms with Gasteiger partial charge in [0.15, 0.2) is 40.2 Å². The topological polar surface area (TPSA) is 193 Å². The van der Waals surface area contributed by atoms with E-state index < -0.39 is 65.4 Å². The van der Waals surface area contributed by atoms with Gasteiger partial charge in [0.25, 0.3) is 0 Å². The number of aromatic hydroxyl groups is 4. The van der Waals surface area contributed by atoms with Gasteiger partial charge in [-0.2, -0.15) is 0 Å². The zero-order valence-electron chi connectivity index (χ0n) is 18.3. The molecule has 0 radical (unpaired) electrons. The van der Waals surface area contributed by atoms with Crippen LogP contribution in [0.5, 0.6) is 23.0 Å². The van der Waals surface area contributed by atoms with Crippen LogP contribution in [0.3, 0.4) is 0 Å². The molecule has 0 amide bonds. The fourth-order valence-corrected chi connectivity index (χ4v) is 4.03. The maximum atomic E-state index is 13.0. The number of ketones is 2. The number of aliphatic hydroxyl groups is 2. The highest BCUT2D eigenvalue weighted by molar-refractivity contribution is 6.03. The number of carbonyl (C=O) groups is 3. The average Bonchev–Trinajstić information content (AvgIpc) is 2.79. The summed E-state index contributed by atoms with van der Waals surface area (Å²) in [6.45, 7) is 0. The van der Waals surface area contributed by atoms with Crippen LogP contribution in [0, 0.1) is 11.8 Å². The Kier molecular flexibility index (Phi) is 7.28. The molecular weight excluding hydrogens is 460 g/mol. The number of hydrogen-bond acceptors (Lipinski definition) is 9. The summed E-state index contributed by atoms with van der Waals surface area (Å²) in [6.07, 6.45) is 1.75. The summed E-state index contributed by atoms with van der Waals surface area (Å²) in [5.74, 6) is -7.37. The first-order valence-electron chi connectivity index (χ1n) is 10.5. The van der Waals surface area contributed by atoms with Crippen LogP contribution in [0.25, 0.3) is 12.2 Å². The van der Waals surface area contributed by atoms with E-state index in [0.717, 1.165) is 12.2 Å². The van der Waals surface area contributed by atoms with Gasteiger partial charge in [0.1, 0.15) is 0 Å². The van der Waals surface area contributed by atoms with Gasteiger partial charge in [-0.25, -0.2) is 4.79 Å². The van der Waals surface area contributed by atoms with E-state index in [1.807, 2.05) is 0 Å². The number of benzene rings is 2. The molecule has 0 saturated heterocycles. The molecule has 1 aliphatic rings. The second-order valence-electron chi connectivity index (χ2n) is 8.41. The molecule has 2 aromatic carbocycles. The normalized spacial score (nSPS) is 24.6. The molecule has 4 atom stereocenters. The molecule has 0 heterocycles. The van der Waals surface area contributed by atoms with Crippen molar-refractivity contribution in [2.45, 2.75) is 24.5 Å². The van der Waals surface area contributed by atoms with Gasteiger partial charge in [0, 0.05) is 12.3 Å². The summed E-state index contributed by atoms with van der Waals surface area (Å²) in [7, 11) is 0. The first-order valence-corrected chi connectivity index (χ1v) is 10.5. The van der Waals surface area contributed by atoms with Crippen LogP contribution in [-0.2, 0) is 14.4 Å². The minimum absolute atomic E-state index is 0.327. The summed E-state index contributed by atoms with van der Waals surface area (Å²) < 4.78 is 0. The lowest BCUT2D eigenvalue weighted by atomic mass is 9.66. The Morgan fingerprint density at radius 2 is 1.26 bits per heavy atom. The summed E-state index contributed by atoms with van der Waals surface area (Å²) in [4.78, 5) is 37.6. The first-order chi connectivity index (χ1) is 16.4. The van der Waals surface area contributed by atoms with E-state index in [0.29, 0.717) is 11.1 Å². The number of phenols is 4. The molecule has 7 N–H and O–H groups in total. The van der Waals surface area contributed by atoms with Crippen molar-refractivity contribution in [3.8, 4) is 23.0 Å². The number of carboxylic acid groups (broad SMARTS) is 1. The molecule has 3 rings (SSSR count). The zero-order chi connectivity index (χ0) is 25.9. The summed E-state index contributed by atoms with van der Waals surface area (Å²) >= 11 is 0. The van der Waals surface area contributed by atoms with Gasteiger partial charge in [0.2, 0.25) is 0 Å². The van der Waals surface area contributed by atoms with Crippen molar-refractivity contribution in [3.05, 3.63) is 59.7 Å². The van der Waals surface area contributed by atoms with Gasteiger partial charge in [-0.1, -0.05) is 24.3 Å². The number of allylic oxidation sites excluding steroid dienone is 2. The van der Waals surface area contributed by atoms with Crippen LogP contribution in [0.15, 0.2) is 48.6 Å². The fourth-order valence-electron chi connectivity index (χ4n) is 4.03. The van der Waals surface area contributed by atoms with E-state index in [4.69, 9.17) is 0 Å². The van der Waals surface area contributed by atoms with Crippen LogP contribution < -0.4 is 0 Å². The van der Waals surface area contributed by atoms with E-state index in [9.17, 15) is 50.1 Å². The van der Waals surface area contributed by atoms with Crippen molar-refractivity contribution in [3.63, 3.8) is 0 Å². The second-order valence-corrected chi connectivity index (χ2v) is 8.41. The zero-order valence-corrected chi connectivity index (χ0v) is 18.3. The van der Waals surface area contributed by atoms with Crippen LogP contribution in [0.1, 0.15) is 24.0 Å². The summed E-state index contributed by atoms with van der Waals surface area (Å²) in [5.41, 5.74) is -1.75. The second kappa shape index (κ2) is 10.00. The Balaban J connectivity index is 1.89. The predicted octanol–water partition coefficient (Wildman–Crippen LogP) is 1.58. The first kappa shape index (κ1) is 25.5. The number of carboxylic acids is 1. The lowest BCUT2D eigenvalue weighted by Gasteiger charge is -2.40. The SMILES string of the molecule is O=C(/C=C/c1ccc(O)c(O)c1)[C@@H]1[C@H](O)C[C@@](O)(C(=O)O)C[C@H]1C(=O)/C=C/c1ccc(O)c(O)c1. The Bertz CT molecular complexity index is 1210. The van der Waals surface area contributed by atoms with E-state index in [2.05, 4.69) is 0 Å². The molecule has 10 nitrogen and oxygen atoms in total. The average molecular weight is 484 g/mol. The highest BCUT2D eigenvalue weighted by atomic mass is 16.4. The summed E-state index contributed by atoms with van der Waals surface area (Å²) in [5, 5.41) is 68.5. The van der Waals surface area contributed by atoms with Crippen LogP contribution in [-0.4, -0.2) is 65.0 Å². The van der Waals surface area contributed by atoms with Crippen molar-refractivity contribution < 1.29 is 50.1 Å². The molecule has 0 aliphatic heterocycles. The lowest BCUT2D eigenvalue weighted by molar-refractivity contribution is -0.175. The van der Waals surface area contributed by atoms with Crippen LogP contribution in [0.4, 0.5) is 0 Å². The van der Waals surface area contributed by atoms with Gasteiger partial charge < -0.3 is 35.7 Å². The van der Waals surface area contributed by atoms with Crippen LogP contribution in [0.2, 0.25) is 0 Å². The third-order valence-corrected chi connectivity index (χ3v) is 5.92. The third kappa shape index (κ3) is 5.68. The van der Waals surface area contributed by atoms with Crippen molar-refractivity contribution in [1.82, 2.24) is 0 Å². The molecule has 1 saturated carbocycles. The predicted molar refractivity (Wildman–Crippen MR) is 122 cm³/mol. The fraction of sp³-hybridized carbons (Fsp3) is 0.240. The molecule has 184 valence electrons. The number of carbonyl (C=O) groups excluding carboxylic acids is 2. The number of rotatable bonds is 7. The number of phenolic OH excluding ortho intramolecular Hbond substituents is 4. The van der Waals surface area contributed by atoms with Gasteiger partial charge in [-0.05, 0) is 54.0 Å². The van der Waals surface area contributed by atoms with E-state index in [1.54, 1.807) is 0 Å². The van der Waals surface area contributed by atoms with E-state index in [1.165, 1.54) is 48.6 Å². The Morgan fingerprint density at radius 1 is 0.771 bits per heavy atom. The molecule has 0 spiro atoms. The molecule has 1 fully saturated rings. The molecular formula is C25H24O10. The highest BCUT2D eigenvalue weighted by Crippen LogP contribution is 2.39. The van der Waals surface area contributed by atoms with E-state index >= 15 is 0 Å². The van der Waals surface area contributed by atoms with Gasteiger partial charge >= 0.3 is 5.97 Å². The summed E-state index contributed by atoms with van der Waals surface area (Å²) in [6, 6.07) is 7.60. The largest absolute Gasteiger partial charge is 0.504 e. The standard InChI is InChI=1S/C25H24O10/c26-16(5-1-13-2-6-17(27)20(30)9-13)15-11-25(35,24(33)34)12-22(32)23(15)19(29)8-4-14-3-7-18(28)21(31)10-14/h1-10,15,22-23,27-28,30-32,35H,11-12H2,(H,33,34)/b5-1+,8-4+/t15-,22+,23+,25+/m0/s1. The quantitative estimate of drug-likeness (QED) is 0.224. The molecule has 0 aromatic heterocycles. The third-order valence-electron chi connectivity index (χ3n) is 5.92. The van der Waals surface area contributed by atoms with E-state index in [-0.39, 0.29) is 11.5 Å². The Hall–Kier alpha value is -4.15. The van der Waals surface area contributed by atoms with Gasteiger partial charge in [0.05, 0.1) is 12.0 Å². The Morgan fingerprint density at radius 3 is 1.71 bits per heavy atom. The van der Waals surface area contributed by atoms with Crippen molar-refractivity contribution in [1.29, 1.82) is 0 Å². The maximum absolute atomic E-state index is 13.0. The maximum Gasteiger partial charge on any atom is 0.335 e. The monoisotopic (exact) mass is 484 g/mol. The smallest absolute Gasteiger partial charge is 0.335 e. The minimum atomic E-state index is -2.42. The molecule has 2 aromatic rings. The van der Waals surface area contributed by atoms with Gasteiger partial charge in [-0.3, -0.25) is 9.59 Å². The Labute approximate surface area is 199 Å². The van der Waals surface area contributed by atoms with Crippen LogP contribution >= 0.6 is 0 Å². The number of aliphatic hydroxyl groups excluding tert-OH is 1. The molecule has 0 unspecified atom stereocenters. The number of aliphatic carboxylic acids is 1. The van der Waals surface area contributed by atoms with Crippen molar-refractivity contribution in [2.75, 3.05) is 0 Å². The van der Waals surface area contributed by atoms with Crippen molar-refractivity contribution >= 4 is 29.7 Å². The minimum Gasteiger partial charge on any atom is -0.504 e. The lowest BCUT2D eigenvalue weighted by Crippen LogP contribution is -2.54. The molecule has 0 bridgehead atoms.